The van der Waals surface area contributed by atoms with Crippen LogP contribution in [0.2, 0.25) is 0 Å². The van der Waals surface area contributed by atoms with E-state index in [1.807, 2.05) is 26.0 Å². The Labute approximate surface area is 170 Å². The van der Waals surface area contributed by atoms with E-state index in [-0.39, 0.29) is 23.5 Å². The smallest absolute Gasteiger partial charge is 0.281 e. The van der Waals surface area contributed by atoms with Crippen LogP contribution in [-0.4, -0.2) is 45.2 Å². The summed E-state index contributed by atoms with van der Waals surface area (Å²) in [5, 5.41) is 18.3. The van der Waals surface area contributed by atoms with E-state index >= 15 is 0 Å². The van der Waals surface area contributed by atoms with Crippen LogP contribution in [0, 0.1) is 13.8 Å². The molecule has 0 fully saturated rings. The molecule has 2 aromatic carbocycles. The Morgan fingerprint density at radius 3 is 2.79 bits per heavy atom. The maximum Gasteiger partial charge on any atom is 0.281 e. The van der Waals surface area contributed by atoms with Crippen LogP contribution in [0.4, 0.5) is 0 Å². The number of benzene rings is 2. The van der Waals surface area contributed by atoms with Crippen LogP contribution >= 0.6 is 11.8 Å². The zero-order valence-corrected chi connectivity index (χ0v) is 17.0. The van der Waals surface area contributed by atoms with Crippen LogP contribution in [0.3, 0.4) is 0 Å². The summed E-state index contributed by atoms with van der Waals surface area (Å²) in [6.07, 6.45) is 0. The molecule has 0 radical (unpaired) electrons. The number of aryl methyl sites for hydroxylation is 2. The van der Waals surface area contributed by atoms with Crippen molar-refractivity contribution in [1.29, 1.82) is 0 Å². The lowest BCUT2D eigenvalue weighted by Crippen LogP contribution is -2.11. The van der Waals surface area contributed by atoms with Gasteiger partial charge in [-0.1, -0.05) is 29.5 Å². The van der Waals surface area contributed by atoms with Crippen molar-refractivity contribution in [2.24, 2.45) is 0 Å². The number of nitrogens with one attached hydrogen (secondary N) is 1. The molecule has 0 aliphatic carbocycles. The van der Waals surface area contributed by atoms with Crippen molar-refractivity contribution in [3.05, 3.63) is 51.8 Å². The molecule has 9 heteroatoms. The highest BCUT2D eigenvalue weighted by Crippen LogP contribution is 2.34. The second-order valence-corrected chi connectivity index (χ2v) is 7.67. The molecule has 29 heavy (non-hydrogen) atoms. The molecule has 0 saturated heterocycles. The van der Waals surface area contributed by atoms with Gasteiger partial charge in [0.05, 0.1) is 17.5 Å². The Morgan fingerprint density at radius 2 is 2.03 bits per heavy atom. The van der Waals surface area contributed by atoms with Gasteiger partial charge in [0, 0.05) is 18.1 Å². The van der Waals surface area contributed by atoms with Gasteiger partial charge in [0.15, 0.2) is 22.2 Å². The van der Waals surface area contributed by atoms with E-state index in [0.717, 1.165) is 10.5 Å². The van der Waals surface area contributed by atoms with Crippen LogP contribution < -0.4 is 10.3 Å². The van der Waals surface area contributed by atoms with E-state index in [1.54, 1.807) is 17.7 Å². The lowest BCUT2D eigenvalue weighted by atomic mass is 10.2. The highest BCUT2D eigenvalue weighted by Gasteiger charge is 2.17. The van der Waals surface area contributed by atoms with Gasteiger partial charge in [0.25, 0.3) is 5.56 Å². The molecule has 8 nitrogen and oxygen atoms in total. The molecule has 2 N–H and O–H groups in total. The van der Waals surface area contributed by atoms with Crippen molar-refractivity contribution in [3.8, 4) is 11.5 Å². The van der Waals surface area contributed by atoms with E-state index in [9.17, 15) is 9.90 Å². The Hall–Kier alpha value is -3.04. The fourth-order valence-electron chi connectivity index (χ4n) is 3.06. The normalized spacial score (nSPS) is 11.4. The number of aromatic amines is 1. The minimum Gasteiger partial charge on any atom is -0.504 e. The maximum absolute atomic E-state index is 12.6. The van der Waals surface area contributed by atoms with Gasteiger partial charge in [-0.15, -0.1) is 5.10 Å². The van der Waals surface area contributed by atoms with Crippen LogP contribution in [-0.2, 0) is 4.74 Å². The van der Waals surface area contributed by atoms with Crippen LogP contribution in [0.1, 0.15) is 11.1 Å². The molecule has 0 bridgehead atoms. The van der Waals surface area contributed by atoms with E-state index in [0.29, 0.717) is 22.8 Å². The van der Waals surface area contributed by atoms with Crippen molar-refractivity contribution in [2.75, 3.05) is 20.3 Å². The van der Waals surface area contributed by atoms with Crippen molar-refractivity contribution < 1.29 is 14.6 Å². The summed E-state index contributed by atoms with van der Waals surface area (Å²) in [6, 6.07) is 9.11. The number of aromatic hydroxyl groups is 1. The zero-order valence-electron chi connectivity index (χ0n) is 16.2. The summed E-state index contributed by atoms with van der Waals surface area (Å²) in [5.41, 5.74) is 2.80. The predicted molar refractivity (Wildman–Crippen MR) is 110 cm³/mol. The molecule has 0 spiro atoms. The van der Waals surface area contributed by atoms with Crippen LogP contribution in [0.15, 0.2) is 45.0 Å². The van der Waals surface area contributed by atoms with Crippen molar-refractivity contribution in [2.45, 2.75) is 23.8 Å². The maximum atomic E-state index is 12.6. The van der Waals surface area contributed by atoms with E-state index in [4.69, 9.17) is 9.47 Å². The third-order valence-electron chi connectivity index (χ3n) is 4.49. The first-order valence-corrected chi connectivity index (χ1v) is 9.80. The molecule has 0 aliphatic rings. The van der Waals surface area contributed by atoms with Gasteiger partial charge >= 0.3 is 0 Å². The number of hydrogen-bond donors (Lipinski definition) is 2. The number of fused-ring (bicyclic) bond motifs is 3. The SMILES string of the molecule is COCCOc1cc2c(cc1O)c(=O)nc1c(Sc3ccc(C)cc3C)n[nH]n12. The van der Waals surface area contributed by atoms with E-state index in [1.165, 1.54) is 23.4 Å². The minimum atomic E-state index is -0.442. The molecule has 0 saturated carbocycles. The zero-order chi connectivity index (χ0) is 20.5. The number of ether oxygens (including phenoxy) is 2. The molecule has 4 aromatic rings. The minimum absolute atomic E-state index is 0.128. The number of hydrogen-bond acceptors (Lipinski definition) is 7. The topological polar surface area (TPSA) is 102 Å². The first-order valence-electron chi connectivity index (χ1n) is 8.98. The van der Waals surface area contributed by atoms with Gasteiger partial charge in [-0.05, 0) is 31.5 Å². The lowest BCUT2D eigenvalue weighted by Gasteiger charge is -2.09. The van der Waals surface area contributed by atoms with Gasteiger partial charge < -0.3 is 14.6 Å². The summed E-state index contributed by atoms with van der Waals surface area (Å²) in [5.74, 6) is 0.129. The van der Waals surface area contributed by atoms with E-state index in [2.05, 4.69) is 21.4 Å². The standard InChI is InChI=1S/C20H20N4O4S/c1-11-4-5-17(12(2)8-11)29-20-18-21-19(26)13-9-15(25)16(28-7-6-27-3)10-14(13)24(18)23-22-20/h4-5,8-10,23,25H,6-7H2,1-3H3. The van der Waals surface area contributed by atoms with Crippen molar-refractivity contribution >= 4 is 28.3 Å². The lowest BCUT2D eigenvalue weighted by molar-refractivity contribution is 0.144. The molecule has 2 aromatic heterocycles. The molecule has 4 rings (SSSR count). The van der Waals surface area contributed by atoms with Gasteiger partial charge in [-0.3, -0.25) is 4.79 Å². The molecule has 0 atom stereocenters. The Kier molecular flexibility index (Phi) is 5.16. The number of phenols is 1. The third kappa shape index (κ3) is 3.66. The fourth-order valence-corrected chi connectivity index (χ4v) is 3.94. The van der Waals surface area contributed by atoms with Gasteiger partial charge in [-0.25, -0.2) is 9.73 Å². The molecule has 0 unspecified atom stereocenters. The van der Waals surface area contributed by atoms with E-state index < -0.39 is 5.56 Å². The molecular weight excluding hydrogens is 392 g/mol. The number of aromatic nitrogens is 4. The second kappa shape index (κ2) is 7.76. The number of rotatable bonds is 6. The van der Waals surface area contributed by atoms with Crippen molar-refractivity contribution in [1.82, 2.24) is 19.8 Å². The second-order valence-electron chi connectivity index (χ2n) is 6.64. The number of H-pyrrole nitrogens is 1. The number of methoxy groups -OCH3 is 1. The summed E-state index contributed by atoms with van der Waals surface area (Å²) < 4.78 is 12.1. The molecular formula is C20H20N4O4S. The Morgan fingerprint density at radius 1 is 1.21 bits per heavy atom. The summed E-state index contributed by atoms with van der Waals surface area (Å²) in [7, 11) is 1.57. The number of nitrogens with zero attached hydrogens (tertiary/aromatic N) is 3. The van der Waals surface area contributed by atoms with Crippen LogP contribution in [0.5, 0.6) is 11.5 Å². The highest BCUT2D eigenvalue weighted by atomic mass is 32.2. The molecule has 0 amide bonds. The summed E-state index contributed by atoms with van der Waals surface area (Å²) >= 11 is 1.44. The fraction of sp³-hybridized carbons (Fsp3) is 0.250. The van der Waals surface area contributed by atoms with Crippen molar-refractivity contribution in [3.63, 3.8) is 0 Å². The Balaban J connectivity index is 1.81. The quantitative estimate of drug-likeness (QED) is 0.469. The largest absolute Gasteiger partial charge is 0.504 e. The Bertz CT molecular complexity index is 1270. The molecule has 0 aliphatic heterocycles. The highest BCUT2D eigenvalue weighted by molar-refractivity contribution is 7.99. The van der Waals surface area contributed by atoms with Gasteiger partial charge in [0.2, 0.25) is 0 Å². The van der Waals surface area contributed by atoms with Gasteiger partial charge in [-0.2, -0.15) is 4.98 Å². The van der Waals surface area contributed by atoms with Crippen LogP contribution in [0.25, 0.3) is 16.6 Å². The summed E-state index contributed by atoms with van der Waals surface area (Å²) in [6.45, 7) is 4.73. The monoisotopic (exact) mass is 412 g/mol. The first-order chi connectivity index (χ1) is 14.0. The van der Waals surface area contributed by atoms with Gasteiger partial charge in [0.1, 0.15) is 6.61 Å². The summed E-state index contributed by atoms with van der Waals surface area (Å²) in [4.78, 5) is 17.8. The first kappa shape index (κ1) is 19.3. The average Bonchev–Trinajstić information content (AvgIpc) is 3.08. The molecule has 150 valence electrons. The molecule has 2 heterocycles. The predicted octanol–water partition coefficient (Wildman–Crippen LogP) is 3.07. The average molecular weight is 412 g/mol. The number of phenolic OH excluding ortho intramolecular Hbond substituents is 1. The third-order valence-corrected chi connectivity index (χ3v) is 5.64.